The van der Waals surface area contributed by atoms with Crippen LogP contribution in [0.5, 0.6) is 0 Å². The van der Waals surface area contributed by atoms with Crippen LogP contribution in [0.4, 0.5) is 4.79 Å². The molecular weight excluding hydrogens is 256 g/mol. The van der Waals surface area contributed by atoms with Gasteiger partial charge in [0.1, 0.15) is 6.61 Å². The third kappa shape index (κ3) is 25.9. The number of amides is 2. The number of hydrogen-bond acceptors (Lipinski definition) is 5. The first-order valence-electron chi connectivity index (χ1n) is 5.49. The number of carboxylic acid groups (broad SMARTS) is 1. The number of carbonyl (C=O) groups is 3. The molecule has 0 bridgehead atoms. The van der Waals surface area contributed by atoms with Gasteiger partial charge in [0, 0.05) is 13.5 Å². The highest BCUT2D eigenvalue weighted by molar-refractivity contribution is 5.85. The summed E-state index contributed by atoms with van der Waals surface area (Å²) in [5.74, 6) is -1.32. The fraction of sp³-hybridized carbons (Fsp3) is 0.545. The molecule has 0 spiro atoms. The van der Waals surface area contributed by atoms with Gasteiger partial charge >= 0.3 is 12.1 Å². The summed E-state index contributed by atoms with van der Waals surface area (Å²) in [6.07, 6.45) is 3.30. The number of ether oxygens (including phenoxy) is 2. The summed E-state index contributed by atoms with van der Waals surface area (Å²) in [7, 11) is 1.52. The van der Waals surface area contributed by atoms with Crippen molar-refractivity contribution < 1.29 is 29.0 Å². The second-order valence-electron chi connectivity index (χ2n) is 3.25. The topological polar surface area (TPSA) is 142 Å². The van der Waals surface area contributed by atoms with Crippen LogP contribution in [0.2, 0.25) is 0 Å². The van der Waals surface area contributed by atoms with E-state index in [0.29, 0.717) is 19.4 Å². The predicted molar refractivity (Wildman–Crippen MR) is 67.2 cm³/mol. The zero-order valence-corrected chi connectivity index (χ0v) is 10.8. The Balaban J connectivity index is 0. The van der Waals surface area contributed by atoms with E-state index in [9.17, 15) is 14.4 Å². The molecule has 0 aromatic carbocycles. The molecule has 8 nitrogen and oxygen atoms in total. The molecule has 0 heterocycles. The molecule has 0 rings (SSSR count). The second-order valence-corrected chi connectivity index (χ2v) is 3.25. The van der Waals surface area contributed by atoms with Crippen molar-refractivity contribution in [3.8, 4) is 0 Å². The molecule has 19 heavy (non-hydrogen) atoms. The van der Waals surface area contributed by atoms with Crippen molar-refractivity contribution in [1.29, 1.82) is 0 Å². The molecule has 0 radical (unpaired) electrons. The van der Waals surface area contributed by atoms with Crippen molar-refractivity contribution in [2.75, 3.05) is 20.3 Å². The van der Waals surface area contributed by atoms with Gasteiger partial charge in [0.15, 0.2) is 0 Å². The molecule has 0 saturated heterocycles. The molecule has 0 saturated carbocycles. The van der Waals surface area contributed by atoms with Gasteiger partial charge in [-0.05, 0) is 18.9 Å². The Morgan fingerprint density at radius 1 is 1.21 bits per heavy atom. The maximum atomic E-state index is 10.1. The summed E-state index contributed by atoms with van der Waals surface area (Å²) >= 11 is 0. The fourth-order valence-electron chi connectivity index (χ4n) is 0.796. The van der Waals surface area contributed by atoms with E-state index in [1.54, 1.807) is 6.08 Å². The number of primary amides is 2. The molecule has 8 heteroatoms. The number of nitrogens with two attached hydrogens (primary N) is 2. The number of aliphatic carboxylic acids is 1. The maximum absolute atomic E-state index is 10.1. The van der Waals surface area contributed by atoms with Crippen LogP contribution in [0.25, 0.3) is 0 Å². The number of allylic oxidation sites excluding steroid dienone is 1. The Bertz CT molecular complexity index is 304. The quantitative estimate of drug-likeness (QED) is 0.421. The fourth-order valence-corrected chi connectivity index (χ4v) is 0.796. The van der Waals surface area contributed by atoms with Crippen molar-refractivity contribution in [2.24, 2.45) is 11.5 Å². The van der Waals surface area contributed by atoms with Crippen LogP contribution in [0.1, 0.15) is 19.3 Å². The molecule has 0 atom stereocenters. The molecule has 110 valence electrons. The minimum Gasteiger partial charge on any atom is -0.481 e. The minimum absolute atomic E-state index is 0.128. The lowest BCUT2D eigenvalue weighted by atomic mass is 10.2. The summed E-state index contributed by atoms with van der Waals surface area (Å²) in [4.78, 5) is 29.9. The van der Waals surface area contributed by atoms with Gasteiger partial charge < -0.3 is 26.0 Å². The first kappa shape index (κ1) is 19.3. The highest BCUT2D eigenvalue weighted by Gasteiger charge is 1.93. The lowest BCUT2D eigenvalue weighted by Gasteiger charge is -1.96. The Morgan fingerprint density at radius 3 is 2.26 bits per heavy atom. The number of rotatable bonds is 8. The van der Waals surface area contributed by atoms with Crippen LogP contribution in [0, 0.1) is 0 Å². The van der Waals surface area contributed by atoms with Crippen molar-refractivity contribution in [1.82, 2.24) is 0 Å². The molecule has 0 aromatic heterocycles. The number of carbonyl (C=O) groups excluding carboxylic acids is 2. The second kappa shape index (κ2) is 14.0. The van der Waals surface area contributed by atoms with Crippen LogP contribution < -0.4 is 11.5 Å². The highest BCUT2D eigenvalue weighted by atomic mass is 16.6. The third-order valence-corrected chi connectivity index (χ3v) is 1.58. The Kier molecular flexibility index (Phi) is 14.2. The normalized spacial score (nSPS) is 9.53. The zero-order valence-electron chi connectivity index (χ0n) is 10.8. The molecule has 0 aliphatic heterocycles. The van der Waals surface area contributed by atoms with E-state index < -0.39 is 18.0 Å². The van der Waals surface area contributed by atoms with Crippen molar-refractivity contribution in [2.45, 2.75) is 19.3 Å². The predicted octanol–water partition coefficient (Wildman–Crippen LogP) is 0.0109. The van der Waals surface area contributed by atoms with Crippen LogP contribution in [-0.4, -0.2) is 43.4 Å². The highest BCUT2D eigenvalue weighted by Crippen LogP contribution is 1.95. The SMILES string of the molecule is COCCOC(N)=O.NC(=O)/C=C/CCCC(=O)O. The van der Waals surface area contributed by atoms with Gasteiger partial charge in [-0.25, -0.2) is 4.79 Å². The van der Waals surface area contributed by atoms with Gasteiger partial charge in [0.2, 0.25) is 5.91 Å². The van der Waals surface area contributed by atoms with Crippen LogP contribution >= 0.6 is 0 Å². The van der Waals surface area contributed by atoms with E-state index in [0.717, 1.165) is 0 Å². The van der Waals surface area contributed by atoms with Gasteiger partial charge in [-0.2, -0.15) is 0 Å². The van der Waals surface area contributed by atoms with Gasteiger partial charge in [0.25, 0.3) is 0 Å². The molecule has 0 unspecified atom stereocenters. The molecule has 2 amide bonds. The molecular formula is C11H20N2O6. The third-order valence-electron chi connectivity index (χ3n) is 1.58. The maximum Gasteiger partial charge on any atom is 0.404 e. The lowest BCUT2D eigenvalue weighted by molar-refractivity contribution is -0.137. The Hall–Kier alpha value is -2.09. The summed E-state index contributed by atoms with van der Waals surface area (Å²) in [5.41, 5.74) is 9.41. The van der Waals surface area contributed by atoms with E-state index in [-0.39, 0.29) is 13.0 Å². The van der Waals surface area contributed by atoms with E-state index in [1.165, 1.54) is 13.2 Å². The molecule has 5 N–H and O–H groups in total. The average Bonchev–Trinajstić information content (AvgIpc) is 2.28. The van der Waals surface area contributed by atoms with Gasteiger partial charge in [-0.15, -0.1) is 0 Å². The van der Waals surface area contributed by atoms with Crippen molar-refractivity contribution in [3.63, 3.8) is 0 Å². The van der Waals surface area contributed by atoms with Crippen LogP contribution in [0.15, 0.2) is 12.2 Å². The molecule has 0 aliphatic carbocycles. The average molecular weight is 276 g/mol. The molecule has 0 aromatic rings. The molecule has 0 aliphatic rings. The van der Waals surface area contributed by atoms with E-state index in [4.69, 9.17) is 10.8 Å². The summed E-state index contributed by atoms with van der Waals surface area (Å²) < 4.78 is 8.86. The standard InChI is InChI=1S/C7H11NO3.C4H9NO3/c8-6(9)4-2-1-3-5-7(10)11;1-7-2-3-8-4(5)6/h2,4H,1,3,5H2,(H2,8,9)(H,10,11);2-3H2,1H3,(H2,5,6)/b4-2+;. The molecule has 0 fully saturated rings. The Morgan fingerprint density at radius 2 is 1.84 bits per heavy atom. The lowest BCUT2D eigenvalue weighted by Crippen LogP contribution is -2.15. The monoisotopic (exact) mass is 276 g/mol. The largest absolute Gasteiger partial charge is 0.481 e. The summed E-state index contributed by atoms with van der Waals surface area (Å²) in [5, 5.41) is 8.21. The van der Waals surface area contributed by atoms with Gasteiger partial charge in [0.05, 0.1) is 6.61 Å². The van der Waals surface area contributed by atoms with Crippen molar-refractivity contribution in [3.05, 3.63) is 12.2 Å². The van der Waals surface area contributed by atoms with E-state index >= 15 is 0 Å². The summed E-state index contributed by atoms with van der Waals surface area (Å²) in [6, 6.07) is 0. The number of unbranched alkanes of at least 4 members (excludes halogenated alkanes) is 1. The van der Waals surface area contributed by atoms with Gasteiger partial charge in [-0.3, -0.25) is 9.59 Å². The zero-order chi connectivity index (χ0) is 15.1. The van der Waals surface area contributed by atoms with Crippen LogP contribution in [-0.2, 0) is 19.1 Å². The van der Waals surface area contributed by atoms with E-state index in [2.05, 4.69) is 15.2 Å². The van der Waals surface area contributed by atoms with Crippen LogP contribution in [0.3, 0.4) is 0 Å². The summed E-state index contributed by atoms with van der Waals surface area (Å²) in [6.45, 7) is 0.620. The van der Waals surface area contributed by atoms with E-state index in [1.807, 2.05) is 0 Å². The number of methoxy groups -OCH3 is 1. The number of carboxylic acids is 1. The smallest absolute Gasteiger partial charge is 0.404 e. The van der Waals surface area contributed by atoms with Crippen molar-refractivity contribution >= 4 is 18.0 Å². The first-order valence-corrected chi connectivity index (χ1v) is 5.49. The minimum atomic E-state index is -0.822. The van der Waals surface area contributed by atoms with Gasteiger partial charge in [-0.1, -0.05) is 6.08 Å². The number of hydrogen-bond donors (Lipinski definition) is 3. The first-order chi connectivity index (χ1) is 8.90. The Labute approximate surface area is 111 Å².